The number of carbonyl (C=O) groups excluding carboxylic acids is 1. The van der Waals surface area contributed by atoms with E-state index in [-0.39, 0.29) is 5.92 Å². The van der Waals surface area contributed by atoms with E-state index >= 15 is 0 Å². The molecule has 0 unspecified atom stereocenters. The Bertz CT molecular complexity index is 750. The van der Waals surface area contributed by atoms with E-state index in [1.807, 2.05) is 24.3 Å². The molecule has 2 saturated carbocycles. The molecule has 2 aromatic rings. The van der Waals surface area contributed by atoms with Crippen LogP contribution in [0, 0.1) is 17.8 Å². The molecule has 1 aromatic heterocycles. The number of amides is 1. The second-order valence-electron chi connectivity index (χ2n) is 8.34. The summed E-state index contributed by atoms with van der Waals surface area (Å²) in [5, 5.41) is 0. The zero-order valence-corrected chi connectivity index (χ0v) is 14.7. The van der Waals surface area contributed by atoms with Crippen LogP contribution in [-0.2, 0) is 4.79 Å². The van der Waals surface area contributed by atoms with Crippen LogP contribution in [-0.4, -0.2) is 28.9 Å². The molecule has 1 saturated heterocycles. The number of rotatable bonds is 3. The van der Waals surface area contributed by atoms with E-state index in [4.69, 9.17) is 4.42 Å². The highest BCUT2D eigenvalue weighted by molar-refractivity contribution is 5.77. The minimum absolute atomic E-state index is 0.241. The normalized spacial score (nSPS) is 31.8. The lowest BCUT2D eigenvalue weighted by molar-refractivity contribution is -0.133. The molecule has 25 heavy (non-hydrogen) atoms. The Hall–Kier alpha value is -1.84. The lowest BCUT2D eigenvalue weighted by Gasteiger charge is -2.33. The van der Waals surface area contributed by atoms with Crippen LogP contribution < -0.4 is 0 Å². The Balaban J connectivity index is 1.26. The van der Waals surface area contributed by atoms with Gasteiger partial charge in [-0.05, 0) is 62.0 Å². The molecule has 0 N–H and O–H groups in total. The largest absolute Gasteiger partial charge is 0.440 e. The number of hydrogen-bond donors (Lipinski definition) is 0. The molecule has 1 amide bonds. The summed E-state index contributed by atoms with van der Waals surface area (Å²) in [6.07, 6.45) is 8.30. The minimum atomic E-state index is 0.241. The number of benzene rings is 1. The van der Waals surface area contributed by atoms with Crippen LogP contribution in [0.2, 0.25) is 0 Å². The molecule has 4 heteroatoms. The van der Waals surface area contributed by atoms with Crippen LogP contribution in [0.15, 0.2) is 28.7 Å². The molecule has 132 valence electrons. The standard InChI is InChI=1S/C21H26N2O2/c24-20(12-17-11-14-7-8-15(17)10-14)23-9-3-4-16(13-23)21-22-18-5-1-2-6-19(18)25-21/h1-2,5-6,14-17H,3-4,7-13H2/t14-,15-,16-,17+/m0/s1. The van der Waals surface area contributed by atoms with Crippen LogP contribution in [0.3, 0.4) is 0 Å². The number of carbonyl (C=O) groups is 1. The van der Waals surface area contributed by atoms with Crippen molar-refractivity contribution in [2.24, 2.45) is 17.8 Å². The van der Waals surface area contributed by atoms with E-state index in [2.05, 4.69) is 9.88 Å². The number of para-hydroxylation sites is 2. The third-order valence-corrected chi connectivity index (χ3v) is 6.76. The van der Waals surface area contributed by atoms with Crippen molar-refractivity contribution < 1.29 is 9.21 Å². The summed E-state index contributed by atoms with van der Waals surface area (Å²) in [6, 6.07) is 7.92. The van der Waals surface area contributed by atoms with Crippen LogP contribution in [0.4, 0.5) is 0 Å². The number of likely N-dealkylation sites (tertiary alicyclic amines) is 1. The maximum absolute atomic E-state index is 12.9. The molecular weight excluding hydrogens is 312 g/mol. The first kappa shape index (κ1) is 15.4. The van der Waals surface area contributed by atoms with E-state index in [0.29, 0.717) is 11.8 Å². The Morgan fingerprint density at radius 2 is 2.12 bits per heavy atom. The van der Waals surface area contributed by atoms with Crippen molar-refractivity contribution in [2.45, 2.75) is 50.9 Å². The van der Waals surface area contributed by atoms with Gasteiger partial charge in [0, 0.05) is 19.5 Å². The van der Waals surface area contributed by atoms with Crippen LogP contribution in [0.25, 0.3) is 11.1 Å². The average molecular weight is 338 g/mol. The number of piperidine rings is 1. The molecular formula is C21H26N2O2. The third-order valence-electron chi connectivity index (χ3n) is 6.76. The summed E-state index contributed by atoms with van der Waals surface area (Å²) >= 11 is 0. The van der Waals surface area contributed by atoms with Crippen molar-refractivity contribution >= 4 is 17.0 Å². The topological polar surface area (TPSA) is 46.3 Å². The maximum atomic E-state index is 12.9. The van der Waals surface area contributed by atoms with Gasteiger partial charge in [-0.2, -0.15) is 0 Å². The predicted octanol–water partition coefficient (Wildman–Crippen LogP) is 4.36. The van der Waals surface area contributed by atoms with Crippen molar-refractivity contribution in [3.05, 3.63) is 30.2 Å². The summed E-state index contributed by atoms with van der Waals surface area (Å²) < 4.78 is 5.96. The lowest BCUT2D eigenvalue weighted by atomic mass is 9.86. The highest BCUT2D eigenvalue weighted by Crippen LogP contribution is 2.49. The third kappa shape index (κ3) is 2.86. The highest BCUT2D eigenvalue weighted by atomic mass is 16.3. The van der Waals surface area contributed by atoms with Gasteiger partial charge in [-0.25, -0.2) is 4.98 Å². The van der Waals surface area contributed by atoms with Crippen LogP contribution in [0.1, 0.15) is 56.8 Å². The predicted molar refractivity (Wildman–Crippen MR) is 96.1 cm³/mol. The zero-order chi connectivity index (χ0) is 16.8. The van der Waals surface area contributed by atoms with Gasteiger partial charge in [0.25, 0.3) is 0 Å². The molecule has 4 nitrogen and oxygen atoms in total. The molecule has 2 bridgehead atoms. The van der Waals surface area contributed by atoms with E-state index in [1.165, 1.54) is 25.7 Å². The van der Waals surface area contributed by atoms with Gasteiger partial charge in [0.15, 0.2) is 11.5 Å². The first-order valence-corrected chi connectivity index (χ1v) is 9.89. The monoisotopic (exact) mass is 338 g/mol. The van der Waals surface area contributed by atoms with Crippen molar-refractivity contribution in [3.8, 4) is 0 Å². The minimum Gasteiger partial charge on any atom is -0.440 e. The quantitative estimate of drug-likeness (QED) is 0.835. The molecule has 2 heterocycles. The molecule has 3 fully saturated rings. The summed E-state index contributed by atoms with van der Waals surface area (Å²) in [5.74, 6) is 3.79. The summed E-state index contributed by atoms with van der Waals surface area (Å²) in [6.45, 7) is 1.67. The van der Waals surface area contributed by atoms with Crippen LogP contribution >= 0.6 is 0 Å². The average Bonchev–Trinajstić information content (AvgIpc) is 3.36. The fraction of sp³-hybridized carbons (Fsp3) is 0.619. The Kier molecular flexibility index (Phi) is 3.79. The van der Waals surface area contributed by atoms with Gasteiger partial charge in [-0.3, -0.25) is 4.79 Å². The number of oxazole rings is 1. The lowest BCUT2D eigenvalue weighted by Crippen LogP contribution is -2.40. The number of nitrogens with zero attached hydrogens (tertiary/aromatic N) is 2. The highest BCUT2D eigenvalue weighted by Gasteiger charge is 2.41. The summed E-state index contributed by atoms with van der Waals surface area (Å²) in [4.78, 5) is 19.6. The van der Waals surface area contributed by atoms with Crippen molar-refractivity contribution in [3.63, 3.8) is 0 Å². The van der Waals surface area contributed by atoms with Crippen molar-refractivity contribution in [1.82, 2.24) is 9.88 Å². The van der Waals surface area contributed by atoms with Gasteiger partial charge in [0.1, 0.15) is 5.52 Å². The Morgan fingerprint density at radius 1 is 1.20 bits per heavy atom. The molecule has 2 aliphatic carbocycles. The fourth-order valence-electron chi connectivity index (χ4n) is 5.45. The molecule has 3 aliphatic rings. The SMILES string of the molecule is O=C(C[C@H]1C[C@H]2CC[C@H]1C2)N1CCC[C@H](c2nc3ccccc3o2)C1. The van der Waals surface area contributed by atoms with Gasteiger partial charge >= 0.3 is 0 Å². The Labute approximate surface area is 148 Å². The van der Waals surface area contributed by atoms with Crippen molar-refractivity contribution in [2.75, 3.05) is 13.1 Å². The first-order chi connectivity index (χ1) is 12.3. The molecule has 5 rings (SSSR count). The molecule has 1 aliphatic heterocycles. The molecule has 4 atom stereocenters. The molecule has 1 aromatic carbocycles. The van der Waals surface area contributed by atoms with Crippen LogP contribution in [0.5, 0.6) is 0 Å². The summed E-state index contributed by atoms with van der Waals surface area (Å²) in [7, 11) is 0. The van der Waals surface area contributed by atoms with E-state index < -0.39 is 0 Å². The Morgan fingerprint density at radius 3 is 2.92 bits per heavy atom. The fourth-order valence-corrected chi connectivity index (χ4v) is 5.45. The van der Waals surface area contributed by atoms with E-state index in [0.717, 1.165) is 61.2 Å². The molecule has 0 spiro atoms. The first-order valence-electron chi connectivity index (χ1n) is 9.89. The van der Waals surface area contributed by atoms with E-state index in [9.17, 15) is 4.79 Å². The van der Waals surface area contributed by atoms with Gasteiger partial charge < -0.3 is 9.32 Å². The summed E-state index contributed by atoms with van der Waals surface area (Å²) in [5.41, 5.74) is 1.77. The number of hydrogen-bond acceptors (Lipinski definition) is 3. The smallest absolute Gasteiger partial charge is 0.222 e. The maximum Gasteiger partial charge on any atom is 0.222 e. The molecule has 0 radical (unpaired) electrons. The number of aromatic nitrogens is 1. The van der Waals surface area contributed by atoms with E-state index in [1.54, 1.807) is 0 Å². The van der Waals surface area contributed by atoms with Crippen molar-refractivity contribution in [1.29, 1.82) is 0 Å². The number of fused-ring (bicyclic) bond motifs is 3. The second-order valence-corrected chi connectivity index (χ2v) is 8.34. The zero-order valence-electron chi connectivity index (χ0n) is 14.7. The van der Waals surface area contributed by atoms with Gasteiger partial charge in [0.2, 0.25) is 5.91 Å². The second kappa shape index (κ2) is 6.15. The van der Waals surface area contributed by atoms with Gasteiger partial charge in [0.05, 0.1) is 5.92 Å². The van der Waals surface area contributed by atoms with Gasteiger partial charge in [-0.15, -0.1) is 0 Å². The van der Waals surface area contributed by atoms with Gasteiger partial charge in [-0.1, -0.05) is 18.6 Å².